The summed E-state index contributed by atoms with van der Waals surface area (Å²) in [6.07, 6.45) is 8.60. The summed E-state index contributed by atoms with van der Waals surface area (Å²) in [5.74, 6) is 0.718. The van der Waals surface area contributed by atoms with Gasteiger partial charge in [0.05, 0.1) is 0 Å². The molecule has 108 valence electrons. The number of carbonyl (C=O) groups is 1. The molecule has 1 aliphatic carbocycles. The van der Waals surface area contributed by atoms with Gasteiger partial charge in [0.1, 0.15) is 0 Å². The van der Waals surface area contributed by atoms with Gasteiger partial charge in [0.15, 0.2) is 0 Å². The van der Waals surface area contributed by atoms with Crippen molar-refractivity contribution in [3.8, 4) is 0 Å². The minimum atomic E-state index is 0.334. The lowest BCUT2D eigenvalue weighted by Crippen LogP contribution is -2.48. The SMILES string of the molecule is O=C(N1CCCCC1)N(CC1CCNCC1)C1CC1. The standard InChI is InChI=1S/C15H27N3O/c19-15(17-10-2-1-3-11-17)18(14-4-5-14)12-13-6-8-16-9-7-13/h13-14,16H,1-12H2. The summed E-state index contributed by atoms with van der Waals surface area (Å²) in [6, 6.07) is 0.894. The molecular weight excluding hydrogens is 238 g/mol. The maximum Gasteiger partial charge on any atom is 0.320 e. The van der Waals surface area contributed by atoms with Crippen LogP contribution in [0.15, 0.2) is 0 Å². The van der Waals surface area contributed by atoms with Gasteiger partial charge in [-0.15, -0.1) is 0 Å². The number of amides is 2. The lowest BCUT2D eigenvalue weighted by atomic mass is 9.97. The van der Waals surface area contributed by atoms with Gasteiger partial charge in [-0.05, 0) is 64.0 Å². The van der Waals surface area contributed by atoms with Gasteiger partial charge in [-0.3, -0.25) is 0 Å². The summed E-state index contributed by atoms with van der Waals surface area (Å²) in [5, 5.41) is 3.41. The first kappa shape index (κ1) is 13.2. The van der Waals surface area contributed by atoms with Crippen LogP contribution in [0.2, 0.25) is 0 Å². The highest BCUT2D eigenvalue weighted by molar-refractivity contribution is 5.75. The van der Waals surface area contributed by atoms with E-state index in [-0.39, 0.29) is 0 Å². The van der Waals surface area contributed by atoms with E-state index in [2.05, 4.69) is 15.1 Å². The number of piperidine rings is 2. The summed E-state index contributed by atoms with van der Waals surface area (Å²) in [7, 11) is 0. The van der Waals surface area contributed by atoms with Crippen molar-refractivity contribution in [3.05, 3.63) is 0 Å². The second-order valence-electron chi connectivity index (χ2n) is 6.41. The Morgan fingerprint density at radius 1 is 1.05 bits per heavy atom. The molecule has 2 heterocycles. The number of likely N-dealkylation sites (tertiary alicyclic amines) is 1. The number of hydrogen-bond acceptors (Lipinski definition) is 2. The Labute approximate surface area is 116 Å². The Morgan fingerprint density at radius 3 is 2.37 bits per heavy atom. The molecule has 2 amide bonds. The Kier molecular flexibility index (Phi) is 4.26. The van der Waals surface area contributed by atoms with Crippen LogP contribution in [0.1, 0.15) is 44.9 Å². The van der Waals surface area contributed by atoms with Gasteiger partial charge in [-0.2, -0.15) is 0 Å². The molecular formula is C15H27N3O. The zero-order valence-corrected chi connectivity index (χ0v) is 11.9. The van der Waals surface area contributed by atoms with Gasteiger partial charge < -0.3 is 15.1 Å². The van der Waals surface area contributed by atoms with E-state index in [0.29, 0.717) is 12.1 Å². The second-order valence-corrected chi connectivity index (χ2v) is 6.41. The van der Waals surface area contributed by atoms with Crippen LogP contribution in [0.25, 0.3) is 0 Å². The molecule has 3 fully saturated rings. The molecule has 0 aromatic heterocycles. The Bertz CT molecular complexity index is 305. The van der Waals surface area contributed by atoms with E-state index >= 15 is 0 Å². The number of nitrogens with zero attached hydrogens (tertiary/aromatic N) is 2. The zero-order valence-electron chi connectivity index (χ0n) is 11.9. The molecule has 2 aliphatic heterocycles. The highest BCUT2D eigenvalue weighted by Crippen LogP contribution is 2.30. The molecule has 1 N–H and O–H groups in total. The first-order chi connectivity index (χ1) is 9.34. The van der Waals surface area contributed by atoms with Crippen LogP contribution in [0, 0.1) is 5.92 Å². The van der Waals surface area contributed by atoms with E-state index in [9.17, 15) is 4.79 Å². The summed E-state index contributed by atoms with van der Waals surface area (Å²) < 4.78 is 0. The first-order valence-corrected chi connectivity index (χ1v) is 8.11. The van der Waals surface area contributed by atoms with Crippen LogP contribution in [0.4, 0.5) is 4.79 Å². The predicted octanol–water partition coefficient (Wildman–Crippen LogP) is 2.06. The third-order valence-corrected chi connectivity index (χ3v) is 4.77. The van der Waals surface area contributed by atoms with Crippen molar-refractivity contribution < 1.29 is 4.79 Å². The van der Waals surface area contributed by atoms with Crippen LogP contribution in [0.3, 0.4) is 0 Å². The van der Waals surface area contributed by atoms with E-state index in [1.165, 1.54) is 44.9 Å². The molecule has 0 aromatic rings. The van der Waals surface area contributed by atoms with Crippen LogP contribution in [-0.2, 0) is 0 Å². The van der Waals surface area contributed by atoms with Gasteiger partial charge in [-0.1, -0.05) is 0 Å². The van der Waals surface area contributed by atoms with E-state index < -0.39 is 0 Å². The maximum absolute atomic E-state index is 12.7. The van der Waals surface area contributed by atoms with Crippen LogP contribution < -0.4 is 5.32 Å². The molecule has 4 nitrogen and oxygen atoms in total. The van der Waals surface area contributed by atoms with Crippen molar-refractivity contribution in [2.45, 2.75) is 51.0 Å². The van der Waals surface area contributed by atoms with Crippen molar-refractivity contribution >= 4 is 6.03 Å². The summed E-state index contributed by atoms with van der Waals surface area (Å²) in [5.41, 5.74) is 0. The molecule has 0 radical (unpaired) electrons. The highest BCUT2D eigenvalue weighted by atomic mass is 16.2. The first-order valence-electron chi connectivity index (χ1n) is 8.11. The van der Waals surface area contributed by atoms with Crippen molar-refractivity contribution in [2.75, 3.05) is 32.7 Å². The van der Waals surface area contributed by atoms with E-state index in [4.69, 9.17) is 0 Å². The van der Waals surface area contributed by atoms with Gasteiger partial charge in [-0.25, -0.2) is 4.79 Å². The average molecular weight is 265 g/mol. The van der Waals surface area contributed by atoms with Gasteiger partial charge in [0.25, 0.3) is 0 Å². The van der Waals surface area contributed by atoms with E-state index in [1.54, 1.807) is 0 Å². The van der Waals surface area contributed by atoms with Gasteiger partial charge >= 0.3 is 6.03 Å². The quantitative estimate of drug-likeness (QED) is 0.848. The summed E-state index contributed by atoms with van der Waals surface area (Å²) >= 11 is 0. The van der Waals surface area contributed by atoms with Crippen molar-refractivity contribution in [2.24, 2.45) is 5.92 Å². The normalized spacial score (nSPS) is 25.4. The van der Waals surface area contributed by atoms with Crippen molar-refractivity contribution in [1.82, 2.24) is 15.1 Å². The van der Waals surface area contributed by atoms with Crippen molar-refractivity contribution in [1.29, 1.82) is 0 Å². The zero-order chi connectivity index (χ0) is 13.1. The number of nitrogens with one attached hydrogen (secondary N) is 1. The monoisotopic (exact) mass is 265 g/mol. The lowest BCUT2D eigenvalue weighted by molar-refractivity contribution is 0.128. The fraction of sp³-hybridized carbons (Fsp3) is 0.933. The largest absolute Gasteiger partial charge is 0.325 e. The maximum atomic E-state index is 12.7. The summed E-state index contributed by atoms with van der Waals surface area (Å²) in [4.78, 5) is 17.0. The van der Waals surface area contributed by atoms with Gasteiger partial charge in [0.2, 0.25) is 0 Å². The fourth-order valence-electron chi connectivity index (χ4n) is 3.38. The van der Waals surface area contributed by atoms with Gasteiger partial charge in [0, 0.05) is 25.7 Å². The molecule has 19 heavy (non-hydrogen) atoms. The van der Waals surface area contributed by atoms with E-state index in [0.717, 1.165) is 38.6 Å². The molecule has 4 heteroatoms. The Balaban J connectivity index is 1.57. The Morgan fingerprint density at radius 2 is 1.74 bits per heavy atom. The molecule has 2 saturated heterocycles. The van der Waals surface area contributed by atoms with Crippen LogP contribution in [0.5, 0.6) is 0 Å². The fourth-order valence-corrected chi connectivity index (χ4v) is 3.38. The lowest BCUT2D eigenvalue weighted by Gasteiger charge is -2.36. The smallest absolute Gasteiger partial charge is 0.320 e. The average Bonchev–Trinajstić information content (AvgIpc) is 3.31. The third-order valence-electron chi connectivity index (χ3n) is 4.77. The predicted molar refractivity (Wildman–Crippen MR) is 76.1 cm³/mol. The number of carbonyl (C=O) groups excluding carboxylic acids is 1. The van der Waals surface area contributed by atoms with Crippen LogP contribution in [-0.4, -0.2) is 54.6 Å². The molecule has 0 atom stereocenters. The highest BCUT2D eigenvalue weighted by Gasteiger charge is 2.36. The molecule has 3 aliphatic rings. The molecule has 0 spiro atoms. The van der Waals surface area contributed by atoms with Crippen molar-refractivity contribution in [3.63, 3.8) is 0 Å². The number of urea groups is 1. The number of rotatable bonds is 3. The summed E-state index contributed by atoms with van der Waals surface area (Å²) in [6.45, 7) is 5.21. The van der Waals surface area contributed by atoms with Crippen LogP contribution >= 0.6 is 0 Å². The molecule has 0 unspecified atom stereocenters. The minimum absolute atomic E-state index is 0.334. The third kappa shape index (κ3) is 3.41. The van der Waals surface area contributed by atoms with E-state index in [1.807, 2.05) is 0 Å². The Hall–Kier alpha value is -0.770. The molecule has 0 aromatic carbocycles. The molecule has 3 rings (SSSR count). The second kappa shape index (κ2) is 6.12. The molecule has 0 bridgehead atoms. The minimum Gasteiger partial charge on any atom is -0.325 e. The molecule has 1 saturated carbocycles. The topological polar surface area (TPSA) is 35.6 Å². The number of hydrogen-bond donors (Lipinski definition) is 1.